The van der Waals surface area contributed by atoms with Crippen LogP contribution in [0, 0.1) is 5.92 Å². The minimum absolute atomic E-state index is 0.171. The summed E-state index contributed by atoms with van der Waals surface area (Å²) in [5.74, 6) is 0.729. The maximum Gasteiger partial charge on any atom is 0.0724 e. The van der Waals surface area contributed by atoms with Gasteiger partial charge in [-0.05, 0) is 85.1 Å². The molecule has 0 spiro atoms. The number of methoxy groups -OCH3 is 1. The average molecular weight is 719 g/mol. The van der Waals surface area contributed by atoms with Gasteiger partial charge >= 0.3 is 0 Å². The highest BCUT2D eigenvalue weighted by atomic mass is 16.6. The van der Waals surface area contributed by atoms with Gasteiger partial charge in [0.25, 0.3) is 0 Å². The van der Waals surface area contributed by atoms with E-state index >= 15 is 0 Å². The van der Waals surface area contributed by atoms with Gasteiger partial charge in [0.15, 0.2) is 0 Å². The van der Waals surface area contributed by atoms with Crippen molar-refractivity contribution in [1.29, 1.82) is 0 Å². The second-order valence-electron chi connectivity index (χ2n) is 15.4. The van der Waals surface area contributed by atoms with Crippen LogP contribution in [0.3, 0.4) is 0 Å². The van der Waals surface area contributed by atoms with E-state index in [2.05, 4.69) is 58.4 Å². The molecule has 0 bridgehead atoms. The molecule has 11 nitrogen and oxygen atoms in total. The molecule has 0 N–H and O–H groups in total. The third-order valence-electron chi connectivity index (χ3n) is 9.93. The van der Waals surface area contributed by atoms with Crippen molar-refractivity contribution in [2.45, 2.75) is 122 Å². The van der Waals surface area contributed by atoms with E-state index in [1.54, 1.807) is 7.11 Å². The molecule has 0 aromatic heterocycles. The first kappa shape index (κ1) is 45.7. The molecule has 298 valence electrons. The van der Waals surface area contributed by atoms with Crippen molar-refractivity contribution < 1.29 is 42.6 Å². The summed E-state index contributed by atoms with van der Waals surface area (Å²) in [4.78, 5) is 4.99. The smallest absolute Gasteiger partial charge is 0.0724 e. The zero-order valence-electron chi connectivity index (χ0n) is 33.6. The quantitative estimate of drug-likeness (QED) is 0.0831. The molecule has 3 atom stereocenters. The molecule has 2 aliphatic rings. The molecule has 2 rings (SSSR count). The number of nitrogens with zero attached hydrogens (tertiary/aromatic N) is 2. The van der Waals surface area contributed by atoms with E-state index in [-0.39, 0.29) is 17.3 Å². The molecule has 2 aliphatic heterocycles. The van der Waals surface area contributed by atoms with E-state index in [4.69, 9.17) is 42.6 Å². The minimum Gasteiger partial charge on any atom is -0.385 e. The van der Waals surface area contributed by atoms with Crippen molar-refractivity contribution in [2.24, 2.45) is 5.92 Å². The molecule has 3 unspecified atom stereocenters. The van der Waals surface area contributed by atoms with Crippen LogP contribution >= 0.6 is 0 Å². The monoisotopic (exact) mass is 719 g/mol. The molecule has 0 aromatic rings. The lowest BCUT2D eigenvalue weighted by atomic mass is 9.98. The molecule has 50 heavy (non-hydrogen) atoms. The van der Waals surface area contributed by atoms with Gasteiger partial charge in [0.1, 0.15) is 0 Å². The van der Waals surface area contributed by atoms with Gasteiger partial charge in [-0.25, -0.2) is 0 Å². The van der Waals surface area contributed by atoms with Crippen LogP contribution in [0.1, 0.15) is 92.9 Å². The molecular weight excluding hydrogens is 640 g/mol. The Balaban J connectivity index is 1.34. The third-order valence-corrected chi connectivity index (χ3v) is 9.93. The standard InChI is InChI=1S/C39H78N2O9/c1-9-39(6,15-20-49-38(4,5)14-19-42-8)50-37-31-35(40(7)33-37)11-10-18-43-21-22-44-23-24-45-25-26-46-27-28-47-29-30-48-36-12-16-41(17-13-36)32-34(2)3/h34-37H,9-33H2,1-8H3. The predicted octanol–water partition coefficient (Wildman–Crippen LogP) is 5.47. The molecule has 2 heterocycles. The number of piperidine rings is 1. The van der Waals surface area contributed by atoms with Crippen molar-refractivity contribution in [3.8, 4) is 0 Å². The van der Waals surface area contributed by atoms with E-state index in [0.29, 0.717) is 91.4 Å². The zero-order chi connectivity index (χ0) is 36.5. The maximum absolute atomic E-state index is 6.69. The van der Waals surface area contributed by atoms with E-state index in [1.807, 2.05) is 0 Å². The normalized spacial score (nSPS) is 21.1. The summed E-state index contributed by atoms with van der Waals surface area (Å²) in [5.41, 5.74) is -0.351. The second kappa shape index (κ2) is 27.2. The Morgan fingerprint density at radius 2 is 1.26 bits per heavy atom. The van der Waals surface area contributed by atoms with Crippen molar-refractivity contribution in [3.05, 3.63) is 0 Å². The molecular formula is C39H78N2O9. The number of likely N-dealkylation sites (tertiary alicyclic amines) is 2. The summed E-state index contributed by atoms with van der Waals surface area (Å²) in [5, 5.41) is 0. The fraction of sp³-hybridized carbons (Fsp3) is 1.00. The van der Waals surface area contributed by atoms with Gasteiger partial charge in [-0.1, -0.05) is 20.8 Å². The molecule has 0 radical (unpaired) electrons. The Bertz CT molecular complexity index is 800. The molecule has 0 aromatic carbocycles. The molecule has 0 saturated carbocycles. The van der Waals surface area contributed by atoms with Crippen LogP contribution in [0.15, 0.2) is 0 Å². The fourth-order valence-corrected chi connectivity index (χ4v) is 6.59. The lowest BCUT2D eigenvalue weighted by Gasteiger charge is -2.34. The first-order valence-electron chi connectivity index (χ1n) is 19.8. The van der Waals surface area contributed by atoms with Gasteiger partial charge < -0.3 is 52.4 Å². The molecule has 0 aliphatic carbocycles. The summed E-state index contributed by atoms with van der Waals surface area (Å²) in [7, 11) is 3.95. The van der Waals surface area contributed by atoms with Crippen molar-refractivity contribution >= 4 is 0 Å². The minimum atomic E-state index is -0.181. The number of rotatable bonds is 32. The van der Waals surface area contributed by atoms with Gasteiger partial charge in [-0.3, -0.25) is 0 Å². The van der Waals surface area contributed by atoms with E-state index in [1.165, 1.54) is 6.54 Å². The largest absolute Gasteiger partial charge is 0.385 e. The van der Waals surface area contributed by atoms with E-state index < -0.39 is 0 Å². The topological polar surface area (TPSA) is 89.6 Å². The Hall–Kier alpha value is -0.440. The van der Waals surface area contributed by atoms with Crippen LogP contribution in [-0.2, 0) is 42.6 Å². The van der Waals surface area contributed by atoms with E-state index in [9.17, 15) is 0 Å². The Kier molecular flexibility index (Phi) is 24.9. The lowest BCUT2D eigenvalue weighted by molar-refractivity contribution is -0.111. The number of hydrogen-bond acceptors (Lipinski definition) is 11. The van der Waals surface area contributed by atoms with E-state index in [0.717, 1.165) is 83.5 Å². The summed E-state index contributed by atoms with van der Waals surface area (Å²) in [6.45, 7) is 25.7. The maximum atomic E-state index is 6.69. The second-order valence-corrected chi connectivity index (χ2v) is 15.4. The Labute approximate surface area is 306 Å². The summed E-state index contributed by atoms with van der Waals surface area (Å²) in [6.07, 6.45) is 8.87. The molecule has 11 heteroatoms. The van der Waals surface area contributed by atoms with Crippen molar-refractivity contribution in [3.63, 3.8) is 0 Å². The van der Waals surface area contributed by atoms with Crippen LogP contribution in [0.5, 0.6) is 0 Å². The molecule has 2 fully saturated rings. The van der Waals surface area contributed by atoms with Gasteiger partial charge in [-0.15, -0.1) is 0 Å². The van der Waals surface area contributed by atoms with Crippen LogP contribution in [-0.4, -0.2) is 165 Å². The summed E-state index contributed by atoms with van der Waals surface area (Å²) >= 11 is 0. The molecule has 2 saturated heterocycles. The van der Waals surface area contributed by atoms with Crippen LogP contribution in [0.2, 0.25) is 0 Å². The SMILES string of the molecule is CCC(C)(CCOC(C)(C)CCOC)OC1CC(CCCOCCOCCOCCOCCOCCOC2CCN(CC(C)C)CC2)N(C)C1. The third kappa shape index (κ3) is 21.9. The first-order valence-corrected chi connectivity index (χ1v) is 19.8. The molecule has 0 amide bonds. The van der Waals surface area contributed by atoms with Crippen LogP contribution in [0.25, 0.3) is 0 Å². The summed E-state index contributed by atoms with van der Waals surface area (Å²) < 4.78 is 52.4. The number of ether oxygens (including phenoxy) is 9. The van der Waals surface area contributed by atoms with Crippen molar-refractivity contribution in [2.75, 3.05) is 126 Å². The van der Waals surface area contributed by atoms with Crippen LogP contribution < -0.4 is 0 Å². The lowest BCUT2D eigenvalue weighted by Crippen LogP contribution is -2.39. The average Bonchev–Trinajstić information content (AvgIpc) is 3.42. The van der Waals surface area contributed by atoms with Gasteiger partial charge in [0, 0.05) is 52.5 Å². The highest BCUT2D eigenvalue weighted by Crippen LogP contribution is 2.30. The summed E-state index contributed by atoms with van der Waals surface area (Å²) in [6, 6.07) is 0.534. The van der Waals surface area contributed by atoms with Crippen molar-refractivity contribution in [1.82, 2.24) is 9.80 Å². The van der Waals surface area contributed by atoms with Crippen LogP contribution in [0.4, 0.5) is 0 Å². The first-order chi connectivity index (χ1) is 24.1. The predicted molar refractivity (Wildman–Crippen MR) is 199 cm³/mol. The van der Waals surface area contributed by atoms with Gasteiger partial charge in [-0.2, -0.15) is 0 Å². The fourth-order valence-electron chi connectivity index (χ4n) is 6.59. The highest BCUT2D eigenvalue weighted by Gasteiger charge is 2.35. The zero-order valence-corrected chi connectivity index (χ0v) is 33.6. The number of likely N-dealkylation sites (N-methyl/N-ethyl adjacent to an activating group) is 1. The highest BCUT2D eigenvalue weighted by molar-refractivity contribution is 4.87. The Morgan fingerprint density at radius 3 is 1.80 bits per heavy atom. The Morgan fingerprint density at radius 1 is 0.700 bits per heavy atom. The van der Waals surface area contributed by atoms with Gasteiger partial charge in [0.05, 0.1) is 96.1 Å². The van der Waals surface area contributed by atoms with Gasteiger partial charge in [0.2, 0.25) is 0 Å². The number of hydrogen-bond donors (Lipinski definition) is 0.